The Morgan fingerprint density at radius 1 is 1.13 bits per heavy atom. The number of rotatable bonds is 5. The summed E-state index contributed by atoms with van der Waals surface area (Å²) in [5, 5.41) is 0. The van der Waals surface area contributed by atoms with Crippen LogP contribution < -0.4 is 15.0 Å². The number of likely N-dealkylation sites (tertiary alicyclic amines) is 1. The highest BCUT2D eigenvalue weighted by Crippen LogP contribution is 2.37. The molecule has 0 spiro atoms. The van der Waals surface area contributed by atoms with E-state index < -0.39 is 0 Å². The van der Waals surface area contributed by atoms with Gasteiger partial charge in [0.1, 0.15) is 17.3 Å². The summed E-state index contributed by atoms with van der Waals surface area (Å²) in [6.45, 7) is 5.36. The van der Waals surface area contributed by atoms with Gasteiger partial charge in [-0.25, -0.2) is 4.98 Å². The Hall–Kier alpha value is -3.06. The molecule has 2 aliphatic heterocycles. The predicted molar refractivity (Wildman–Crippen MR) is 117 cm³/mol. The molecule has 0 radical (unpaired) electrons. The first-order valence-electron chi connectivity index (χ1n) is 10.7. The van der Waals surface area contributed by atoms with Crippen molar-refractivity contribution in [3.05, 3.63) is 63.9 Å². The largest absolute Gasteiger partial charge is 0.497 e. The highest BCUT2D eigenvalue weighted by atomic mass is 16.5. The minimum absolute atomic E-state index is 0.116. The lowest BCUT2D eigenvalue weighted by molar-refractivity contribution is 0.113. The number of pyridine rings is 1. The predicted octanol–water partition coefficient (Wildman–Crippen LogP) is 3.45. The minimum atomic E-state index is 0.116. The highest BCUT2D eigenvalue weighted by Gasteiger charge is 2.35. The summed E-state index contributed by atoms with van der Waals surface area (Å²) in [6.07, 6.45) is 1.14. The van der Waals surface area contributed by atoms with Crippen molar-refractivity contribution in [3.63, 3.8) is 0 Å². The normalized spacial score (nSPS) is 20.4. The van der Waals surface area contributed by atoms with Crippen molar-refractivity contribution in [1.82, 2.24) is 14.5 Å². The van der Waals surface area contributed by atoms with E-state index in [9.17, 15) is 4.79 Å². The molecule has 2 atom stereocenters. The lowest BCUT2D eigenvalue weighted by Crippen LogP contribution is -2.46. The van der Waals surface area contributed by atoms with Crippen molar-refractivity contribution in [2.45, 2.75) is 32.4 Å². The van der Waals surface area contributed by atoms with Crippen LogP contribution in [0, 0.1) is 12.8 Å². The number of nitrogens with zero attached hydrogens (tertiary/aromatic N) is 3. The third-order valence-corrected chi connectivity index (χ3v) is 6.46. The smallest absolute Gasteiger partial charge is 0.250 e. The van der Waals surface area contributed by atoms with Crippen LogP contribution in [0.25, 0.3) is 11.5 Å². The maximum atomic E-state index is 12.3. The van der Waals surface area contributed by atoms with Crippen LogP contribution in [0.15, 0.2) is 45.6 Å². The van der Waals surface area contributed by atoms with Gasteiger partial charge in [-0.1, -0.05) is 6.07 Å². The number of ether oxygens (including phenoxy) is 2. The molecular weight excluding hydrogens is 394 g/mol. The molecule has 1 saturated heterocycles. The number of hydrogen-bond donors (Lipinski definition) is 0. The molecule has 7 nitrogen and oxygen atoms in total. The van der Waals surface area contributed by atoms with Gasteiger partial charge >= 0.3 is 0 Å². The zero-order valence-electron chi connectivity index (χ0n) is 18.1. The summed E-state index contributed by atoms with van der Waals surface area (Å²) < 4.78 is 18.8. The SMILES string of the molecule is COc1ccc(OC)c(-c2nc(CN3CC4CC(C3)c3cccc(=O)n3C4)c(C)o2)c1. The number of fused-ring (bicyclic) bond motifs is 4. The molecule has 2 aliphatic rings. The molecule has 4 heterocycles. The van der Waals surface area contributed by atoms with Crippen LogP contribution in [0.1, 0.15) is 29.5 Å². The molecule has 5 rings (SSSR count). The molecule has 0 saturated carbocycles. The molecule has 31 heavy (non-hydrogen) atoms. The van der Waals surface area contributed by atoms with Gasteiger partial charge in [-0.3, -0.25) is 9.69 Å². The van der Waals surface area contributed by atoms with Gasteiger partial charge in [-0.05, 0) is 43.5 Å². The van der Waals surface area contributed by atoms with Crippen LogP contribution in [-0.2, 0) is 13.1 Å². The Balaban J connectivity index is 1.39. The van der Waals surface area contributed by atoms with E-state index in [1.165, 1.54) is 0 Å². The highest BCUT2D eigenvalue weighted by molar-refractivity contribution is 5.65. The zero-order chi connectivity index (χ0) is 21.5. The molecule has 162 valence electrons. The van der Waals surface area contributed by atoms with E-state index in [1.807, 2.05) is 35.8 Å². The maximum absolute atomic E-state index is 12.3. The summed E-state index contributed by atoms with van der Waals surface area (Å²) >= 11 is 0. The molecule has 7 heteroatoms. The van der Waals surface area contributed by atoms with E-state index in [0.717, 1.165) is 61.1 Å². The topological polar surface area (TPSA) is 69.7 Å². The van der Waals surface area contributed by atoms with Gasteiger partial charge in [0.25, 0.3) is 5.56 Å². The first kappa shape index (κ1) is 19.9. The number of methoxy groups -OCH3 is 2. The molecule has 0 N–H and O–H groups in total. The van der Waals surface area contributed by atoms with E-state index in [1.54, 1.807) is 20.3 Å². The van der Waals surface area contributed by atoms with Gasteiger partial charge in [0.15, 0.2) is 0 Å². The fourth-order valence-electron chi connectivity index (χ4n) is 5.01. The standard InChI is InChI=1S/C24H27N3O4/c1-15-20(25-24(31-15)19-10-18(29-2)7-8-22(19)30-3)14-26-11-16-9-17(13-26)21-5-4-6-23(28)27(21)12-16/h4-8,10,16-17H,9,11-14H2,1-3H3. The second-order valence-electron chi connectivity index (χ2n) is 8.48. The van der Waals surface area contributed by atoms with Gasteiger partial charge in [-0.2, -0.15) is 0 Å². The first-order chi connectivity index (χ1) is 15.1. The van der Waals surface area contributed by atoms with E-state index in [2.05, 4.69) is 11.0 Å². The molecular formula is C24H27N3O4. The zero-order valence-corrected chi connectivity index (χ0v) is 18.1. The molecule has 3 aromatic rings. The molecule has 1 aromatic carbocycles. The van der Waals surface area contributed by atoms with Crippen LogP contribution in [0.4, 0.5) is 0 Å². The molecule has 2 bridgehead atoms. The number of oxazole rings is 1. The fourth-order valence-corrected chi connectivity index (χ4v) is 5.01. The number of aromatic nitrogens is 2. The second kappa shape index (κ2) is 7.89. The van der Waals surface area contributed by atoms with Crippen molar-refractivity contribution < 1.29 is 13.9 Å². The van der Waals surface area contributed by atoms with Gasteiger partial charge in [-0.15, -0.1) is 0 Å². The van der Waals surface area contributed by atoms with Crippen molar-refractivity contribution in [1.29, 1.82) is 0 Å². The third kappa shape index (κ3) is 3.63. The molecule has 2 aromatic heterocycles. The Morgan fingerprint density at radius 2 is 2.00 bits per heavy atom. The summed E-state index contributed by atoms with van der Waals surface area (Å²) in [7, 11) is 3.27. The lowest BCUT2D eigenvalue weighted by atomic mass is 9.83. The van der Waals surface area contributed by atoms with Gasteiger partial charge in [0.2, 0.25) is 5.89 Å². The quantitative estimate of drug-likeness (QED) is 0.629. The fraction of sp³-hybridized carbons (Fsp3) is 0.417. The summed E-state index contributed by atoms with van der Waals surface area (Å²) in [5.41, 5.74) is 2.99. The van der Waals surface area contributed by atoms with E-state index in [0.29, 0.717) is 23.5 Å². The second-order valence-corrected chi connectivity index (χ2v) is 8.48. The van der Waals surface area contributed by atoms with E-state index in [-0.39, 0.29) is 5.56 Å². The Bertz CT molecular complexity index is 1170. The lowest BCUT2D eigenvalue weighted by Gasteiger charge is -2.42. The minimum Gasteiger partial charge on any atom is -0.497 e. The van der Waals surface area contributed by atoms with Crippen LogP contribution in [0.5, 0.6) is 11.5 Å². The number of aryl methyl sites for hydroxylation is 1. The van der Waals surface area contributed by atoms with Crippen molar-refractivity contribution in [2.24, 2.45) is 5.92 Å². The van der Waals surface area contributed by atoms with Crippen LogP contribution >= 0.6 is 0 Å². The van der Waals surface area contributed by atoms with E-state index in [4.69, 9.17) is 18.9 Å². The van der Waals surface area contributed by atoms with Crippen molar-refractivity contribution in [3.8, 4) is 23.0 Å². The summed E-state index contributed by atoms with van der Waals surface area (Å²) in [6, 6.07) is 11.2. The van der Waals surface area contributed by atoms with E-state index >= 15 is 0 Å². The van der Waals surface area contributed by atoms with Gasteiger partial charge in [0, 0.05) is 43.9 Å². The number of benzene rings is 1. The van der Waals surface area contributed by atoms with Crippen molar-refractivity contribution in [2.75, 3.05) is 27.3 Å². The first-order valence-corrected chi connectivity index (χ1v) is 10.7. The van der Waals surface area contributed by atoms with Crippen molar-refractivity contribution >= 4 is 0 Å². The average molecular weight is 421 g/mol. The Morgan fingerprint density at radius 3 is 2.81 bits per heavy atom. The molecule has 0 amide bonds. The Kier molecular flexibility index (Phi) is 5.06. The van der Waals surface area contributed by atoms with Crippen LogP contribution in [0.2, 0.25) is 0 Å². The monoisotopic (exact) mass is 421 g/mol. The average Bonchev–Trinajstić information content (AvgIpc) is 3.14. The van der Waals surface area contributed by atoms with Gasteiger partial charge in [0.05, 0.1) is 25.5 Å². The number of hydrogen-bond acceptors (Lipinski definition) is 6. The Labute approximate surface area is 181 Å². The third-order valence-electron chi connectivity index (χ3n) is 6.46. The molecule has 2 unspecified atom stereocenters. The molecule has 1 fully saturated rings. The molecule has 0 aliphatic carbocycles. The summed E-state index contributed by atoms with van der Waals surface area (Å²) in [4.78, 5) is 19.5. The maximum Gasteiger partial charge on any atom is 0.250 e. The van der Waals surface area contributed by atoms with Crippen LogP contribution in [0.3, 0.4) is 0 Å². The number of piperidine rings is 1. The van der Waals surface area contributed by atoms with Gasteiger partial charge < -0.3 is 18.5 Å². The van der Waals surface area contributed by atoms with Crippen LogP contribution in [-0.4, -0.2) is 41.8 Å². The summed E-state index contributed by atoms with van der Waals surface area (Å²) in [5.74, 6) is 3.64.